The van der Waals surface area contributed by atoms with Crippen molar-refractivity contribution in [1.29, 1.82) is 0 Å². The van der Waals surface area contributed by atoms with E-state index in [1.54, 1.807) is 0 Å². The van der Waals surface area contributed by atoms with E-state index in [9.17, 15) is 0 Å². The van der Waals surface area contributed by atoms with E-state index in [4.69, 9.17) is 0 Å². The van der Waals surface area contributed by atoms with E-state index < -0.39 is 0 Å². The molecule has 0 spiro atoms. The smallest absolute Gasteiger partial charge is 0.0815 e. The number of nitrogens with zero attached hydrogens (tertiary/aromatic N) is 2. The van der Waals surface area contributed by atoms with Crippen LogP contribution in [0.1, 0.15) is 5.69 Å². The molecule has 1 N–H and O–H groups in total. The van der Waals surface area contributed by atoms with E-state index in [1.807, 2.05) is 25.3 Å². The van der Waals surface area contributed by atoms with Gasteiger partial charge >= 0.3 is 0 Å². The van der Waals surface area contributed by atoms with Crippen molar-refractivity contribution in [3.63, 3.8) is 0 Å². The number of H-pyrrole nitrogens is 1. The van der Waals surface area contributed by atoms with Gasteiger partial charge in [0.2, 0.25) is 0 Å². The first kappa shape index (κ1) is 7.50. The molecule has 0 aliphatic rings. The van der Waals surface area contributed by atoms with Gasteiger partial charge in [-0.1, -0.05) is 12.1 Å². The van der Waals surface area contributed by atoms with Crippen molar-refractivity contribution in [2.24, 2.45) is 0 Å². The van der Waals surface area contributed by atoms with Gasteiger partial charge in [-0.2, -0.15) is 5.10 Å². The third-order valence-corrected chi connectivity index (χ3v) is 2.42. The molecular weight excluding hydrogens is 174 g/mol. The van der Waals surface area contributed by atoms with Gasteiger partial charge in [-0.3, -0.25) is 10.1 Å². The molecular formula is C11H9N3. The predicted octanol–water partition coefficient (Wildman–Crippen LogP) is 2.42. The highest BCUT2D eigenvalue weighted by atomic mass is 15.1. The van der Waals surface area contributed by atoms with Crippen LogP contribution in [0.25, 0.3) is 21.8 Å². The van der Waals surface area contributed by atoms with Crippen LogP contribution in [0, 0.1) is 6.92 Å². The second kappa shape index (κ2) is 2.54. The maximum absolute atomic E-state index is 4.52. The third kappa shape index (κ3) is 0.923. The quantitative estimate of drug-likeness (QED) is 0.581. The van der Waals surface area contributed by atoms with Gasteiger partial charge in [-0.25, -0.2) is 0 Å². The van der Waals surface area contributed by atoms with Gasteiger partial charge in [-0.05, 0) is 19.1 Å². The van der Waals surface area contributed by atoms with Crippen molar-refractivity contribution in [2.45, 2.75) is 6.92 Å². The number of hydrogen-bond donors (Lipinski definition) is 1. The summed E-state index contributed by atoms with van der Waals surface area (Å²) in [6, 6.07) is 8.20. The number of rotatable bonds is 0. The van der Waals surface area contributed by atoms with E-state index in [1.165, 1.54) is 0 Å². The predicted molar refractivity (Wildman–Crippen MR) is 56.1 cm³/mol. The molecule has 3 aromatic rings. The Bertz CT molecular complexity index is 610. The van der Waals surface area contributed by atoms with Crippen LogP contribution in [0.2, 0.25) is 0 Å². The molecule has 14 heavy (non-hydrogen) atoms. The van der Waals surface area contributed by atoms with Gasteiger partial charge in [0, 0.05) is 16.5 Å². The van der Waals surface area contributed by atoms with Gasteiger partial charge in [0.25, 0.3) is 0 Å². The largest absolute Gasteiger partial charge is 0.278 e. The molecule has 0 saturated carbocycles. The molecule has 0 saturated heterocycles. The Hall–Kier alpha value is -1.90. The monoisotopic (exact) mass is 183 g/mol. The first-order valence-corrected chi connectivity index (χ1v) is 4.54. The Balaban J connectivity index is 2.60. The highest BCUT2D eigenvalue weighted by Gasteiger charge is 2.02. The van der Waals surface area contributed by atoms with Crippen LogP contribution >= 0.6 is 0 Å². The summed E-state index contributed by atoms with van der Waals surface area (Å²) in [7, 11) is 0. The summed E-state index contributed by atoms with van der Waals surface area (Å²) in [6.07, 6.45) is 1.82. The van der Waals surface area contributed by atoms with Crippen molar-refractivity contribution in [2.75, 3.05) is 0 Å². The molecule has 2 aromatic heterocycles. The molecule has 3 nitrogen and oxygen atoms in total. The van der Waals surface area contributed by atoms with Crippen molar-refractivity contribution in [3.8, 4) is 0 Å². The van der Waals surface area contributed by atoms with Crippen LogP contribution in [-0.4, -0.2) is 15.2 Å². The fourth-order valence-electron chi connectivity index (χ4n) is 1.70. The summed E-state index contributed by atoms with van der Waals surface area (Å²) >= 11 is 0. The highest BCUT2D eigenvalue weighted by Crippen LogP contribution is 2.21. The fraction of sp³-hybridized carbons (Fsp3) is 0.0909. The lowest BCUT2D eigenvalue weighted by molar-refractivity contribution is 1.12. The number of hydrogen-bond acceptors (Lipinski definition) is 2. The van der Waals surface area contributed by atoms with Crippen molar-refractivity contribution >= 4 is 21.8 Å². The topological polar surface area (TPSA) is 41.6 Å². The van der Waals surface area contributed by atoms with E-state index >= 15 is 0 Å². The van der Waals surface area contributed by atoms with Crippen LogP contribution in [0.3, 0.4) is 0 Å². The second-order valence-electron chi connectivity index (χ2n) is 3.42. The summed E-state index contributed by atoms with van der Waals surface area (Å²) in [5.41, 5.74) is 3.10. The van der Waals surface area contributed by atoms with Crippen LogP contribution in [-0.2, 0) is 0 Å². The van der Waals surface area contributed by atoms with E-state index in [2.05, 4.69) is 27.3 Å². The Kier molecular flexibility index (Phi) is 1.36. The molecule has 3 heteroatoms. The first-order valence-electron chi connectivity index (χ1n) is 4.54. The third-order valence-electron chi connectivity index (χ3n) is 2.42. The first-order chi connectivity index (χ1) is 6.84. The van der Waals surface area contributed by atoms with Crippen molar-refractivity contribution < 1.29 is 0 Å². The summed E-state index contributed by atoms with van der Waals surface area (Å²) in [4.78, 5) is 4.52. The highest BCUT2D eigenvalue weighted by molar-refractivity contribution is 6.03. The molecule has 0 atom stereocenters. The summed E-state index contributed by atoms with van der Waals surface area (Å²) in [6.45, 7) is 2.00. The maximum Gasteiger partial charge on any atom is 0.0815 e. The lowest BCUT2D eigenvalue weighted by atomic mass is 10.1. The van der Waals surface area contributed by atoms with Crippen LogP contribution in [0.5, 0.6) is 0 Å². The average molecular weight is 183 g/mol. The average Bonchev–Trinajstić information content (AvgIpc) is 2.65. The Labute approximate surface area is 80.8 Å². The number of aryl methyl sites for hydroxylation is 1. The molecule has 0 amide bonds. The van der Waals surface area contributed by atoms with Crippen molar-refractivity contribution in [3.05, 3.63) is 36.2 Å². The molecule has 2 heterocycles. The normalized spacial score (nSPS) is 11.2. The van der Waals surface area contributed by atoms with Crippen LogP contribution < -0.4 is 0 Å². The fourth-order valence-corrected chi connectivity index (χ4v) is 1.70. The molecule has 1 aromatic carbocycles. The van der Waals surface area contributed by atoms with Gasteiger partial charge in [0.15, 0.2) is 0 Å². The number of nitrogens with one attached hydrogen (secondary N) is 1. The Morgan fingerprint density at radius 2 is 2.00 bits per heavy atom. The number of benzene rings is 1. The van der Waals surface area contributed by atoms with Gasteiger partial charge in [0.05, 0.1) is 17.2 Å². The van der Waals surface area contributed by atoms with Crippen LogP contribution in [0.15, 0.2) is 30.5 Å². The number of fused-ring (bicyclic) bond motifs is 3. The molecule has 68 valence electrons. The molecule has 0 aliphatic heterocycles. The summed E-state index contributed by atoms with van der Waals surface area (Å²) in [5, 5.41) is 9.20. The van der Waals surface area contributed by atoms with Crippen molar-refractivity contribution in [1.82, 2.24) is 15.2 Å². The lowest BCUT2D eigenvalue weighted by Gasteiger charge is -1.99. The zero-order valence-electron chi connectivity index (χ0n) is 7.78. The summed E-state index contributed by atoms with van der Waals surface area (Å²) < 4.78 is 0. The lowest BCUT2D eigenvalue weighted by Crippen LogP contribution is -1.83. The number of pyridine rings is 1. The second-order valence-corrected chi connectivity index (χ2v) is 3.42. The Morgan fingerprint density at radius 1 is 1.14 bits per heavy atom. The Morgan fingerprint density at radius 3 is 2.93 bits per heavy atom. The maximum atomic E-state index is 4.52. The zero-order valence-corrected chi connectivity index (χ0v) is 7.78. The SMILES string of the molecule is Cc1ccc2ccc3[nH]ncc3c2n1. The van der Waals surface area contributed by atoms with Gasteiger partial charge in [0.1, 0.15) is 0 Å². The number of aromatic amines is 1. The van der Waals surface area contributed by atoms with E-state index in [0.717, 1.165) is 27.5 Å². The van der Waals surface area contributed by atoms with Gasteiger partial charge in [-0.15, -0.1) is 0 Å². The minimum absolute atomic E-state index is 1.02. The summed E-state index contributed by atoms with van der Waals surface area (Å²) in [5.74, 6) is 0. The van der Waals surface area contributed by atoms with E-state index in [0.29, 0.717) is 0 Å². The molecule has 0 radical (unpaired) electrons. The molecule has 0 fully saturated rings. The minimum atomic E-state index is 1.02. The van der Waals surface area contributed by atoms with Crippen LogP contribution in [0.4, 0.5) is 0 Å². The molecule has 3 rings (SSSR count). The molecule has 0 bridgehead atoms. The zero-order chi connectivity index (χ0) is 9.54. The van der Waals surface area contributed by atoms with Gasteiger partial charge < -0.3 is 0 Å². The molecule has 0 aliphatic carbocycles. The van der Waals surface area contributed by atoms with E-state index in [-0.39, 0.29) is 0 Å². The standard InChI is InChI=1S/C11H9N3/c1-7-2-3-8-4-5-10-9(6-12-14-10)11(8)13-7/h2-6H,1H3,(H,12,14). The molecule has 0 unspecified atom stereocenters. The minimum Gasteiger partial charge on any atom is -0.278 e. The number of aromatic nitrogens is 3.